The topological polar surface area (TPSA) is 61.6 Å². The average Bonchev–Trinajstić information content (AvgIpc) is 3.20. The lowest BCUT2D eigenvalue weighted by Gasteiger charge is -2.37. The lowest BCUT2D eigenvalue weighted by molar-refractivity contribution is -0.126. The van der Waals surface area contributed by atoms with Crippen LogP contribution in [0.3, 0.4) is 0 Å². The fraction of sp³-hybridized carbons (Fsp3) is 0.938. The van der Waals surface area contributed by atoms with E-state index < -0.39 is 5.54 Å². The Morgan fingerprint density at radius 1 is 1.43 bits per heavy atom. The molecule has 5 heteroatoms. The van der Waals surface area contributed by atoms with Crippen LogP contribution in [0.25, 0.3) is 0 Å². The predicted octanol–water partition coefficient (Wildman–Crippen LogP) is 0.646. The third-order valence-corrected chi connectivity index (χ3v) is 5.12. The number of hydrogen-bond donors (Lipinski definition) is 2. The molecule has 2 rings (SSSR count). The Hall–Kier alpha value is -0.650. The van der Waals surface area contributed by atoms with Crippen LogP contribution < -0.4 is 11.1 Å². The van der Waals surface area contributed by atoms with E-state index in [4.69, 9.17) is 5.73 Å². The summed E-state index contributed by atoms with van der Waals surface area (Å²) in [5.74, 6) is 0.246. The Labute approximate surface area is 129 Å². The second-order valence-electron chi connectivity index (χ2n) is 7.01. The van der Waals surface area contributed by atoms with Gasteiger partial charge in [0.15, 0.2) is 0 Å². The first-order valence-corrected chi connectivity index (χ1v) is 8.43. The number of carbonyl (C=O) groups is 1. The minimum atomic E-state index is -0.526. The zero-order valence-electron chi connectivity index (χ0n) is 13.9. The molecule has 2 unspecified atom stereocenters. The molecule has 0 aromatic heterocycles. The second kappa shape index (κ2) is 7.07. The van der Waals surface area contributed by atoms with Crippen molar-refractivity contribution in [3.05, 3.63) is 0 Å². The maximum absolute atomic E-state index is 12.2. The Bertz CT molecular complexity index is 358. The number of nitrogens with two attached hydrogens (primary N) is 1. The van der Waals surface area contributed by atoms with Gasteiger partial charge in [0.2, 0.25) is 5.91 Å². The molecule has 0 aromatic carbocycles. The van der Waals surface area contributed by atoms with E-state index in [1.165, 1.54) is 19.4 Å². The van der Waals surface area contributed by atoms with Crippen LogP contribution >= 0.6 is 0 Å². The molecule has 1 aliphatic carbocycles. The average molecular weight is 296 g/mol. The van der Waals surface area contributed by atoms with Crippen LogP contribution in [0.5, 0.6) is 0 Å². The van der Waals surface area contributed by atoms with Gasteiger partial charge in [-0.25, -0.2) is 0 Å². The van der Waals surface area contributed by atoms with Crippen LogP contribution in [0.2, 0.25) is 0 Å². The van der Waals surface area contributed by atoms with Crippen molar-refractivity contribution in [3.63, 3.8) is 0 Å². The summed E-state index contributed by atoms with van der Waals surface area (Å²) in [5, 5.41) is 3.48. The highest BCUT2D eigenvalue weighted by Crippen LogP contribution is 2.40. The minimum Gasteiger partial charge on any atom is -0.368 e. The summed E-state index contributed by atoms with van der Waals surface area (Å²) in [6, 6.07) is 0.617. The van der Waals surface area contributed by atoms with Gasteiger partial charge in [0.25, 0.3) is 0 Å². The highest BCUT2D eigenvalue weighted by molar-refractivity contribution is 5.86. The van der Waals surface area contributed by atoms with Crippen molar-refractivity contribution >= 4 is 5.91 Å². The lowest BCUT2D eigenvalue weighted by atomic mass is 9.91. The van der Waals surface area contributed by atoms with Crippen LogP contribution in [0, 0.1) is 5.92 Å². The summed E-state index contributed by atoms with van der Waals surface area (Å²) in [5.41, 5.74) is 5.27. The standard InChI is InChI=1S/C16H32N4O/c1-4-9-18-16(15(17)21,13-7-8-13)12-19(2)11-14-6-5-10-20(14)3/h13-14,18H,4-12H2,1-3H3,(H2,17,21). The highest BCUT2D eigenvalue weighted by atomic mass is 16.1. The van der Waals surface area contributed by atoms with E-state index in [-0.39, 0.29) is 5.91 Å². The van der Waals surface area contributed by atoms with E-state index in [9.17, 15) is 4.79 Å². The number of nitrogens with one attached hydrogen (secondary N) is 1. The molecule has 0 aromatic rings. The summed E-state index contributed by atoms with van der Waals surface area (Å²) in [6.07, 6.45) is 5.81. The Balaban J connectivity index is 1.98. The van der Waals surface area contributed by atoms with Gasteiger partial charge < -0.3 is 20.9 Å². The van der Waals surface area contributed by atoms with Crippen LogP contribution in [0.1, 0.15) is 39.0 Å². The van der Waals surface area contributed by atoms with Crippen molar-refractivity contribution in [2.45, 2.75) is 50.6 Å². The molecule has 122 valence electrons. The van der Waals surface area contributed by atoms with E-state index in [0.717, 1.165) is 38.9 Å². The van der Waals surface area contributed by atoms with E-state index in [0.29, 0.717) is 12.0 Å². The van der Waals surface area contributed by atoms with Crippen molar-refractivity contribution in [3.8, 4) is 0 Å². The number of carbonyl (C=O) groups excluding carboxylic acids is 1. The summed E-state index contributed by atoms with van der Waals surface area (Å²) in [6.45, 7) is 5.93. The Morgan fingerprint density at radius 2 is 2.14 bits per heavy atom. The molecule has 1 heterocycles. The first-order valence-electron chi connectivity index (χ1n) is 8.43. The molecule has 2 aliphatic rings. The normalized spacial score (nSPS) is 26.2. The smallest absolute Gasteiger partial charge is 0.239 e. The van der Waals surface area contributed by atoms with Gasteiger partial charge in [0, 0.05) is 19.1 Å². The molecule has 1 saturated heterocycles. The van der Waals surface area contributed by atoms with Crippen molar-refractivity contribution in [1.29, 1.82) is 0 Å². The molecule has 0 radical (unpaired) electrons. The van der Waals surface area contributed by atoms with Crippen molar-refractivity contribution in [2.24, 2.45) is 11.7 Å². The van der Waals surface area contributed by atoms with E-state index in [1.807, 2.05) is 0 Å². The maximum atomic E-state index is 12.2. The monoisotopic (exact) mass is 296 g/mol. The highest BCUT2D eigenvalue weighted by Gasteiger charge is 2.50. The SMILES string of the molecule is CCCNC(CN(C)CC1CCCN1C)(C(N)=O)C1CC1. The lowest BCUT2D eigenvalue weighted by Crippen LogP contribution is -2.63. The van der Waals surface area contributed by atoms with Crippen LogP contribution in [-0.2, 0) is 4.79 Å². The van der Waals surface area contributed by atoms with Gasteiger partial charge in [-0.2, -0.15) is 0 Å². The number of primary amides is 1. The largest absolute Gasteiger partial charge is 0.368 e. The zero-order chi connectivity index (χ0) is 15.5. The summed E-state index contributed by atoms with van der Waals surface area (Å²) in [4.78, 5) is 16.9. The molecule has 0 bridgehead atoms. The van der Waals surface area contributed by atoms with E-state index >= 15 is 0 Å². The maximum Gasteiger partial charge on any atom is 0.239 e. The van der Waals surface area contributed by atoms with Crippen molar-refractivity contribution in [1.82, 2.24) is 15.1 Å². The summed E-state index contributed by atoms with van der Waals surface area (Å²) in [7, 11) is 4.32. The fourth-order valence-electron chi connectivity index (χ4n) is 3.68. The van der Waals surface area contributed by atoms with Crippen molar-refractivity contribution in [2.75, 3.05) is 40.3 Å². The number of amides is 1. The molecule has 2 atom stereocenters. The van der Waals surface area contributed by atoms with Gasteiger partial charge in [0.1, 0.15) is 5.54 Å². The first-order chi connectivity index (χ1) is 9.99. The molecule has 3 N–H and O–H groups in total. The number of likely N-dealkylation sites (tertiary alicyclic amines) is 1. The molecule has 1 aliphatic heterocycles. The number of rotatable bonds is 9. The first kappa shape index (κ1) is 16.7. The Morgan fingerprint density at radius 3 is 2.62 bits per heavy atom. The minimum absolute atomic E-state index is 0.176. The number of likely N-dealkylation sites (N-methyl/N-ethyl adjacent to an activating group) is 2. The van der Waals surface area contributed by atoms with Gasteiger partial charge in [0.05, 0.1) is 0 Å². The van der Waals surface area contributed by atoms with Crippen LogP contribution in [-0.4, -0.2) is 67.6 Å². The molecule has 1 saturated carbocycles. The van der Waals surface area contributed by atoms with Gasteiger partial charge in [-0.15, -0.1) is 0 Å². The Kier molecular flexibility index (Phi) is 5.63. The van der Waals surface area contributed by atoms with Crippen LogP contribution in [0.4, 0.5) is 0 Å². The summed E-state index contributed by atoms with van der Waals surface area (Å²) >= 11 is 0. The van der Waals surface area contributed by atoms with Gasteiger partial charge in [-0.1, -0.05) is 6.92 Å². The van der Waals surface area contributed by atoms with E-state index in [2.05, 4.69) is 36.1 Å². The van der Waals surface area contributed by atoms with Crippen molar-refractivity contribution < 1.29 is 4.79 Å². The van der Waals surface area contributed by atoms with E-state index in [1.54, 1.807) is 0 Å². The number of nitrogens with zero attached hydrogens (tertiary/aromatic N) is 2. The molecule has 2 fully saturated rings. The zero-order valence-corrected chi connectivity index (χ0v) is 13.9. The third-order valence-electron chi connectivity index (χ3n) is 5.12. The molecule has 1 amide bonds. The quantitative estimate of drug-likeness (QED) is 0.656. The van der Waals surface area contributed by atoms with Crippen LogP contribution in [0.15, 0.2) is 0 Å². The molecule has 0 spiro atoms. The molecular formula is C16H32N4O. The molecular weight excluding hydrogens is 264 g/mol. The third kappa shape index (κ3) is 3.96. The fourth-order valence-corrected chi connectivity index (χ4v) is 3.68. The number of hydrogen-bond acceptors (Lipinski definition) is 4. The van der Waals surface area contributed by atoms with Gasteiger partial charge in [-0.3, -0.25) is 4.79 Å². The predicted molar refractivity (Wildman–Crippen MR) is 86.1 cm³/mol. The molecule has 21 heavy (non-hydrogen) atoms. The van der Waals surface area contributed by atoms with Gasteiger partial charge in [-0.05, 0) is 65.2 Å². The summed E-state index contributed by atoms with van der Waals surface area (Å²) < 4.78 is 0. The second-order valence-corrected chi connectivity index (χ2v) is 7.01. The van der Waals surface area contributed by atoms with Gasteiger partial charge >= 0.3 is 0 Å². The molecule has 5 nitrogen and oxygen atoms in total.